The second kappa shape index (κ2) is 6.76. The summed E-state index contributed by atoms with van der Waals surface area (Å²) in [5, 5.41) is 0. The highest BCUT2D eigenvalue weighted by Gasteiger charge is 2.47. The molecule has 0 unspecified atom stereocenters. The van der Waals surface area contributed by atoms with Gasteiger partial charge in [-0.15, -0.1) is 0 Å². The van der Waals surface area contributed by atoms with E-state index in [2.05, 4.69) is 9.80 Å². The van der Waals surface area contributed by atoms with Gasteiger partial charge in [-0.05, 0) is 31.4 Å². The third kappa shape index (κ3) is 2.93. The molecule has 6 nitrogen and oxygen atoms in total. The van der Waals surface area contributed by atoms with Crippen molar-refractivity contribution in [3.63, 3.8) is 0 Å². The molecular formula is C18H27N3O3. The van der Waals surface area contributed by atoms with E-state index < -0.39 is 0 Å². The molecule has 6 heteroatoms. The predicted octanol–water partition coefficient (Wildman–Crippen LogP) is 2.02. The van der Waals surface area contributed by atoms with Gasteiger partial charge in [-0.25, -0.2) is 4.79 Å². The lowest BCUT2D eigenvalue weighted by atomic mass is 9.89. The number of urea groups is 1. The largest absolute Gasteiger partial charge is 0.468 e. The highest BCUT2D eigenvalue weighted by atomic mass is 16.5. The molecule has 132 valence electrons. The van der Waals surface area contributed by atoms with Crippen LogP contribution in [-0.2, 0) is 11.3 Å². The van der Waals surface area contributed by atoms with E-state index in [-0.39, 0.29) is 18.2 Å². The summed E-state index contributed by atoms with van der Waals surface area (Å²) < 4.78 is 11.2. The van der Waals surface area contributed by atoms with Crippen LogP contribution < -0.4 is 0 Å². The van der Waals surface area contributed by atoms with Crippen molar-refractivity contribution < 1.29 is 13.9 Å². The zero-order chi connectivity index (χ0) is 16.5. The van der Waals surface area contributed by atoms with Crippen LogP contribution in [0.25, 0.3) is 0 Å². The van der Waals surface area contributed by atoms with Gasteiger partial charge in [-0.1, -0.05) is 0 Å². The lowest BCUT2D eigenvalue weighted by Gasteiger charge is -2.42. The molecule has 0 bridgehead atoms. The number of amides is 2. The molecule has 3 fully saturated rings. The van der Waals surface area contributed by atoms with E-state index in [1.807, 2.05) is 17.0 Å². The number of piperidine rings is 1. The van der Waals surface area contributed by atoms with Gasteiger partial charge in [-0.2, -0.15) is 0 Å². The van der Waals surface area contributed by atoms with Crippen LogP contribution in [0.1, 0.15) is 25.0 Å². The molecule has 2 amide bonds. The lowest BCUT2D eigenvalue weighted by Crippen LogP contribution is -2.56. The highest BCUT2D eigenvalue weighted by Crippen LogP contribution is 2.34. The zero-order valence-electron chi connectivity index (χ0n) is 14.4. The first kappa shape index (κ1) is 16.0. The molecule has 24 heavy (non-hydrogen) atoms. The maximum atomic E-state index is 12.9. The average Bonchev–Trinajstić information content (AvgIpc) is 3.34. The van der Waals surface area contributed by atoms with Gasteiger partial charge in [0, 0.05) is 45.8 Å². The Hall–Kier alpha value is -1.53. The van der Waals surface area contributed by atoms with Gasteiger partial charge in [-0.3, -0.25) is 4.90 Å². The summed E-state index contributed by atoms with van der Waals surface area (Å²) in [6.45, 7) is 5.32. The van der Waals surface area contributed by atoms with Gasteiger partial charge in [0.25, 0.3) is 0 Å². The summed E-state index contributed by atoms with van der Waals surface area (Å²) in [5.41, 5.74) is 0. The van der Waals surface area contributed by atoms with Gasteiger partial charge < -0.3 is 19.0 Å². The minimum Gasteiger partial charge on any atom is -0.468 e. The Morgan fingerprint density at radius 2 is 2.12 bits per heavy atom. The number of fused-ring (bicyclic) bond motifs is 1. The molecule has 0 N–H and O–H groups in total. The number of likely N-dealkylation sites (tertiary alicyclic amines) is 3. The number of nitrogens with zero attached hydrogens (tertiary/aromatic N) is 3. The molecule has 0 spiro atoms. The van der Waals surface area contributed by atoms with E-state index in [0.717, 1.165) is 64.3 Å². The van der Waals surface area contributed by atoms with E-state index in [0.29, 0.717) is 5.92 Å². The van der Waals surface area contributed by atoms with Crippen molar-refractivity contribution >= 4 is 6.03 Å². The van der Waals surface area contributed by atoms with Crippen LogP contribution in [0.4, 0.5) is 4.79 Å². The standard InChI is InChI=1S/C18H27N3O3/c1-23-17-6-9-21(18(22)20-7-2-3-8-20)16-13-19(12-15(16)17)11-14-5-4-10-24-14/h4-5,10,15-17H,2-3,6-9,11-13H2,1H3/t15-,16+,17-/m1/s1. The molecule has 4 rings (SSSR count). The molecule has 3 aliphatic heterocycles. The van der Waals surface area contributed by atoms with Crippen LogP contribution in [0.3, 0.4) is 0 Å². The van der Waals surface area contributed by atoms with Crippen molar-refractivity contribution in [1.29, 1.82) is 0 Å². The first-order valence-electron chi connectivity index (χ1n) is 9.09. The van der Waals surface area contributed by atoms with Crippen molar-refractivity contribution in [3.8, 4) is 0 Å². The Kier molecular flexibility index (Phi) is 4.50. The molecule has 0 aliphatic carbocycles. The fourth-order valence-corrected chi connectivity index (χ4v) is 4.61. The monoisotopic (exact) mass is 333 g/mol. The summed E-state index contributed by atoms with van der Waals surface area (Å²) in [6, 6.07) is 4.44. The maximum Gasteiger partial charge on any atom is 0.320 e. The third-order valence-corrected chi connectivity index (χ3v) is 5.83. The normalized spacial score (nSPS) is 30.8. The number of carbonyl (C=O) groups excluding carboxylic acids is 1. The van der Waals surface area contributed by atoms with Crippen LogP contribution in [-0.4, -0.2) is 72.7 Å². The van der Waals surface area contributed by atoms with Crippen LogP contribution in [0, 0.1) is 5.92 Å². The number of carbonyl (C=O) groups is 1. The molecule has 0 saturated carbocycles. The fourth-order valence-electron chi connectivity index (χ4n) is 4.61. The van der Waals surface area contributed by atoms with Crippen molar-refractivity contribution in [2.24, 2.45) is 5.92 Å². The lowest BCUT2D eigenvalue weighted by molar-refractivity contribution is -0.0125. The van der Waals surface area contributed by atoms with Gasteiger partial charge >= 0.3 is 6.03 Å². The van der Waals surface area contributed by atoms with E-state index in [1.54, 1.807) is 13.4 Å². The topological polar surface area (TPSA) is 49.2 Å². The summed E-state index contributed by atoms with van der Waals surface area (Å²) in [4.78, 5) is 19.5. The number of methoxy groups -OCH3 is 1. The second-order valence-corrected chi connectivity index (χ2v) is 7.24. The van der Waals surface area contributed by atoms with Crippen LogP contribution in [0.15, 0.2) is 22.8 Å². The Morgan fingerprint density at radius 1 is 1.29 bits per heavy atom. The Bertz CT molecular complexity index is 556. The molecule has 3 saturated heterocycles. The van der Waals surface area contributed by atoms with Gasteiger partial charge in [0.1, 0.15) is 5.76 Å². The van der Waals surface area contributed by atoms with Crippen molar-refractivity contribution in [2.75, 3.05) is 39.8 Å². The summed E-state index contributed by atoms with van der Waals surface area (Å²) in [6.07, 6.45) is 5.18. The van der Waals surface area contributed by atoms with Crippen molar-refractivity contribution in [2.45, 2.75) is 38.0 Å². The number of hydrogen-bond donors (Lipinski definition) is 0. The Balaban J connectivity index is 1.48. The molecule has 0 aromatic carbocycles. The van der Waals surface area contributed by atoms with Crippen molar-refractivity contribution in [3.05, 3.63) is 24.2 Å². The number of furan rings is 1. The number of ether oxygens (including phenoxy) is 1. The summed E-state index contributed by atoms with van der Waals surface area (Å²) in [7, 11) is 1.80. The molecule has 1 aromatic rings. The van der Waals surface area contributed by atoms with Gasteiger partial charge in [0.2, 0.25) is 0 Å². The van der Waals surface area contributed by atoms with E-state index >= 15 is 0 Å². The van der Waals surface area contributed by atoms with E-state index in [1.165, 1.54) is 0 Å². The quantitative estimate of drug-likeness (QED) is 0.849. The van der Waals surface area contributed by atoms with E-state index in [4.69, 9.17) is 9.15 Å². The Morgan fingerprint density at radius 3 is 2.83 bits per heavy atom. The second-order valence-electron chi connectivity index (χ2n) is 7.24. The average molecular weight is 333 g/mol. The van der Waals surface area contributed by atoms with Crippen LogP contribution >= 0.6 is 0 Å². The molecule has 4 heterocycles. The van der Waals surface area contributed by atoms with Crippen LogP contribution in [0.5, 0.6) is 0 Å². The summed E-state index contributed by atoms with van der Waals surface area (Å²) >= 11 is 0. The molecule has 0 radical (unpaired) electrons. The third-order valence-electron chi connectivity index (χ3n) is 5.83. The minimum atomic E-state index is 0.233. The van der Waals surface area contributed by atoms with Gasteiger partial charge in [0.15, 0.2) is 0 Å². The van der Waals surface area contributed by atoms with Gasteiger partial charge in [0.05, 0.1) is 25.0 Å². The zero-order valence-corrected chi connectivity index (χ0v) is 14.4. The van der Waals surface area contributed by atoms with E-state index in [9.17, 15) is 4.79 Å². The fraction of sp³-hybridized carbons (Fsp3) is 0.722. The smallest absolute Gasteiger partial charge is 0.320 e. The Labute approximate surface area is 143 Å². The maximum absolute atomic E-state index is 12.9. The molecule has 1 aromatic heterocycles. The first-order chi connectivity index (χ1) is 11.8. The number of rotatable bonds is 3. The molecule has 3 atom stereocenters. The number of hydrogen-bond acceptors (Lipinski definition) is 4. The molecular weight excluding hydrogens is 306 g/mol. The molecule has 3 aliphatic rings. The first-order valence-corrected chi connectivity index (χ1v) is 9.09. The summed E-state index contributed by atoms with van der Waals surface area (Å²) in [5.74, 6) is 1.38. The highest BCUT2D eigenvalue weighted by molar-refractivity contribution is 5.75. The predicted molar refractivity (Wildman–Crippen MR) is 89.6 cm³/mol. The minimum absolute atomic E-state index is 0.233. The SMILES string of the molecule is CO[C@@H]1CCN(C(=O)N2CCCC2)[C@H]2CN(Cc3ccco3)C[C@@H]12. The van der Waals surface area contributed by atoms with Crippen LogP contribution in [0.2, 0.25) is 0 Å². The van der Waals surface area contributed by atoms with Crippen molar-refractivity contribution in [1.82, 2.24) is 14.7 Å².